The summed E-state index contributed by atoms with van der Waals surface area (Å²) in [7, 11) is 0. The first kappa shape index (κ1) is 24.2. The van der Waals surface area contributed by atoms with Crippen LogP contribution in [0.2, 0.25) is 5.02 Å². The lowest BCUT2D eigenvalue weighted by Gasteiger charge is -2.36. The van der Waals surface area contributed by atoms with Crippen molar-refractivity contribution in [3.8, 4) is 0 Å². The largest absolute Gasteiger partial charge is 0.368 e. The maximum absolute atomic E-state index is 12.9. The summed E-state index contributed by atoms with van der Waals surface area (Å²) in [6.07, 6.45) is 0.739. The van der Waals surface area contributed by atoms with Crippen molar-refractivity contribution in [1.29, 1.82) is 0 Å². The monoisotopic (exact) mass is 482 g/mol. The number of nitrogens with one attached hydrogen (secondary N) is 1. The first-order valence-electron chi connectivity index (χ1n) is 11.7. The lowest BCUT2D eigenvalue weighted by molar-refractivity contribution is -0.132. The fourth-order valence-corrected chi connectivity index (χ4v) is 4.70. The highest BCUT2D eigenvalue weighted by Gasteiger charge is 2.31. The number of rotatable bonds is 6. The van der Waals surface area contributed by atoms with Gasteiger partial charge in [0.05, 0.1) is 12.5 Å². The maximum Gasteiger partial charge on any atom is 0.236 e. The number of likely N-dealkylation sites (tertiary alicyclic amines) is 1. The van der Waals surface area contributed by atoms with Gasteiger partial charge < -0.3 is 15.1 Å². The van der Waals surface area contributed by atoms with E-state index >= 15 is 0 Å². The van der Waals surface area contributed by atoms with Crippen LogP contribution in [-0.2, 0) is 9.59 Å². The summed E-state index contributed by atoms with van der Waals surface area (Å²) in [5.74, 6) is 0.00284. The zero-order valence-corrected chi connectivity index (χ0v) is 20.5. The number of ketones is 1. The van der Waals surface area contributed by atoms with Crippen molar-refractivity contribution < 1.29 is 14.4 Å². The van der Waals surface area contributed by atoms with E-state index in [-0.39, 0.29) is 23.5 Å². The number of nitrogens with zero attached hydrogens (tertiary/aromatic N) is 3. The number of piperazine rings is 1. The standard InChI is InChI=1S/C26H31ClN4O3/c1-18-3-6-22(15-24(18)27)28-26(34)21-9-10-29(16-21)17-25(33)31-13-11-30(12-14-31)23-7-4-20(5-8-23)19(2)32/h3-8,15,21H,9-14,16-17H2,1-2H3,(H,28,34)/t21-/m1/s1. The lowest BCUT2D eigenvalue weighted by atomic mass is 10.1. The molecule has 0 spiro atoms. The third-order valence-electron chi connectivity index (χ3n) is 6.71. The van der Waals surface area contributed by atoms with Gasteiger partial charge in [-0.25, -0.2) is 0 Å². The Kier molecular flexibility index (Phi) is 7.54. The molecule has 8 heteroatoms. The Hall–Kier alpha value is -2.90. The van der Waals surface area contributed by atoms with Gasteiger partial charge in [-0.2, -0.15) is 0 Å². The topological polar surface area (TPSA) is 73.0 Å². The van der Waals surface area contributed by atoms with E-state index < -0.39 is 0 Å². The Morgan fingerprint density at radius 1 is 1.00 bits per heavy atom. The third kappa shape index (κ3) is 5.77. The Morgan fingerprint density at radius 3 is 2.35 bits per heavy atom. The van der Waals surface area contributed by atoms with Crippen LogP contribution in [0, 0.1) is 12.8 Å². The minimum Gasteiger partial charge on any atom is -0.368 e. The molecule has 2 aromatic rings. The summed E-state index contributed by atoms with van der Waals surface area (Å²) in [6.45, 7) is 8.00. The molecule has 1 atom stereocenters. The van der Waals surface area contributed by atoms with E-state index in [1.165, 1.54) is 0 Å². The van der Waals surface area contributed by atoms with Gasteiger partial charge >= 0.3 is 0 Å². The van der Waals surface area contributed by atoms with Gasteiger partial charge in [0.2, 0.25) is 11.8 Å². The summed E-state index contributed by atoms with van der Waals surface area (Å²) in [5.41, 5.74) is 3.44. The van der Waals surface area contributed by atoms with Crippen LogP contribution < -0.4 is 10.2 Å². The smallest absolute Gasteiger partial charge is 0.236 e. The van der Waals surface area contributed by atoms with E-state index in [1.807, 2.05) is 48.2 Å². The van der Waals surface area contributed by atoms with Crippen molar-refractivity contribution in [3.63, 3.8) is 0 Å². The van der Waals surface area contributed by atoms with Crippen LogP contribution in [0.15, 0.2) is 42.5 Å². The number of carbonyl (C=O) groups is 3. The molecule has 7 nitrogen and oxygen atoms in total. The molecule has 0 aliphatic carbocycles. The zero-order valence-electron chi connectivity index (χ0n) is 19.7. The normalized spacial score (nSPS) is 18.7. The fourth-order valence-electron chi connectivity index (χ4n) is 4.52. The van der Waals surface area contributed by atoms with E-state index in [0.29, 0.717) is 42.5 Å². The molecule has 2 fully saturated rings. The van der Waals surface area contributed by atoms with E-state index in [1.54, 1.807) is 13.0 Å². The van der Waals surface area contributed by atoms with Crippen molar-refractivity contribution in [2.75, 3.05) is 56.0 Å². The molecular formula is C26H31ClN4O3. The molecule has 2 amide bonds. The molecule has 2 aliphatic heterocycles. The quantitative estimate of drug-likeness (QED) is 0.638. The third-order valence-corrected chi connectivity index (χ3v) is 7.12. The van der Waals surface area contributed by atoms with Gasteiger partial charge in [-0.1, -0.05) is 17.7 Å². The van der Waals surface area contributed by atoms with Crippen molar-refractivity contribution in [2.45, 2.75) is 20.3 Å². The second kappa shape index (κ2) is 10.6. The number of carbonyl (C=O) groups excluding carboxylic acids is 3. The molecule has 2 aromatic carbocycles. The van der Waals surface area contributed by atoms with Gasteiger partial charge in [0, 0.05) is 54.7 Å². The van der Waals surface area contributed by atoms with Crippen LogP contribution in [0.5, 0.6) is 0 Å². The highest BCUT2D eigenvalue weighted by molar-refractivity contribution is 6.31. The molecule has 2 saturated heterocycles. The molecule has 2 aliphatic rings. The predicted octanol–water partition coefficient (Wildman–Crippen LogP) is 3.46. The number of hydrogen-bond acceptors (Lipinski definition) is 5. The first-order chi connectivity index (χ1) is 16.3. The highest BCUT2D eigenvalue weighted by Crippen LogP contribution is 2.23. The lowest BCUT2D eigenvalue weighted by Crippen LogP contribution is -2.51. The first-order valence-corrected chi connectivity index (χ1v) is 12.1. The van der Waals surface area contributed by atoms with E-state index in [2.05, 4.69) is 15.1 Å². The van der Waals surface area contributed by atoms with Crippen LogP contribution >= 0.6 is 11.6 Å². The number of halogens is 1. The molecule has 4 rings (SSSR count). The molecule has 0 saturated carbocycles. The van der Waals surface area contributed by atoms with Crippen LogP contribution in [0.3, 0.4) is 0 Å². The second-order valence-corrected chi connectivity index (χ2v) is 9.55. The van der Waals surface area contributed by atoms with Crippen LogP contribution in [0.4, 0.5) is 11.4 Å². The van der Waals surface area contributed by atoms with E-state index in [4.69, 9.17) is 11.6 Å². The summed E-state index contributed by atoms with van der Waals surface area (Å²) in [4.78, 5) is 43.2. The molecular weight excluding hydrogens is 452 g/mol. The highest BCUT2D eigenvalue weighted by atomic mass is 35.5. The van der Waals surface area contributed by atoms with Gasteiger partial charge in [0.1, 0.15) is 0 Å². The molecule has 180 valence electrons. The molecule has 2 heterocycles. The van der Waals surface area contributed by atoms with Gasteiger partial charge in [-0.3, -0.25) is 19.3 Å². The molecule has 1 N–H and O–H groups in total. The van der Waals surface area contributed by atoms with Gasteiger partial charge in [-0.15, -0.1) is 0 Å². The average Bonchev–Trinajstić information content (AvgIpc) is 3.30. The van der Waals surface area contributed by atoms with Gasteiger partial charge in [-0.05, 0) is 68.8 Å². The molecule has 0 unspecified atom stereocenters. The molecule has 0 bridgehead atoms. The Bertz CT molecular complexity index is 1060. The van der Waals surface area contributed by atoms with Crippen molar-refractivity contribution in [3.05, 3.63) is 58.6 Å². The number of hydrogen-bond donors (Lipinski definition) is 1. The summed E-state index contributed by atoms with van der Waals surface area (Å²) in [5, 5.41) is 3.58. The zero-order chi connectivity index (χ0) is 24.2. The number of benzene rings is 2. The number of aryl methyl sites for hydroxylation is 1. The Labute approximate surface area is 205 Å². The number of anilines is 2. The van der Waals surface area contributed by atoms with Crippen molar-refractivity contribution in [2.24, 2.45) is 5.92 Å². The van der Waals surface area contributed by atoms with Gasteiger partial charge in [0.25, 0.3) is 0 Å². The summed E-state index contributed by atoms with van der Waals surface area (Å²) < 4.78 is 0. The minimum absolute atomic E-state index is 0.0284. The van der Waals surface area contributed by atoms with Gasteiger partial charge in [0.15, 0.2) is 5.78 Å². The van der Waals surface area contributed by atoms with E-state index in [9.17, 15) is 14.4 Å². The van der Waals surface area contributed by atoms with Crippen LogP contribution in [0.25, 0.3) is 0 Å². The minimum atomic E-state index is -0.136. The van der Waals surface area contributed by atoms with Crippen molar-refractivity contribution >= 4 is 40.6 Å². The maximum atomic E-state index is 12.9. The van der Waals surface area contributed by atoms with E-state index in [0.717, 1.165) is 37.3 Å². The summed E-state index contributed by atoms with van der Waals surface area (Å²) >= 11 is 6.16. The second-order valence-electron chi connectivity index (χ2n) is 9.14. The van der Waals surface area contributed by atoms with Crippen LogP contribution in [-0.4, -0.2) is 73.2 Å². The number of Topliss-reactive ketones (excluding diaryl/α,β-unsaturated/α-hetero) is 1. The predicted molar refractivity (Wildman–Crippen MR) is 135 cm³/mol. The Balaban J connectivity index is 1.22. The average molecular weight is 483 g/mol. The SMILES string of the molecule is CC(=O)c1ccc(N2CCN(C(=O)CN3CC[C@@H](C(=O)Nc4ccc(C)c(Cl)c4)C3)CC2)cc1. The van der Waals surface area contributed by atoms with Crippen molar-refractivity contribution in [1.82, 2.24) is 9.80 Å². The fraction of sp³-hybridized carbons (Fsp3) is 0.423. The number of amides is 2. The molecule has 0 aromatic heterocycles. The molecule has 34 heavy (non-hydrogen) atoms. The Morgan fingerprint density at radius 2 is 1.71 bits per heavy atom. The molecule has 0 radical (unpaired) electrons. The summed E-state index contributed by atoms with van der Waals surface area (Å²) in [6, 6.07) is 13.1. The van der Waals surface area contributed by atoms with Crippen LogP contribution in [0.1, 0.15) is 29.3 Å².